The number of furan rings is 1. The summed E-state index contributed by atoms with van der Waals surface area (Å²) in [6.45, 7) is 6.15. The predicted molar refractivity (Wildman–Crippen MR) is 79.5 cm³/mol. The number of ether oxygens (including phenoxy) is 1. The molecule has 0 unspecified atom stereocenters. The lowest BCUT2D eigenvalue weighted by Crippen LogP contribution is -2.32. The minimum absolute atomic E-state index is 0.0509. The van der Waals surface area contributed by atoms with Gasteiger partial charge in [0, 0.05) is 25.2 Å². The summed E-state index contributed by atoms with van der Waals surface area (Å²) in [7, 11) is 0. The molecule has 2 heterocycles. The number of anilines is 1. The number of hydrogen-bond acceptors (Lipinski definition) is 5. The van der Waals surface area contributed by atoms with E-state index in [1.165, 1.54) is 6.08 Å². The van der Waals surface area contributed by atoms with Crippen LogP contribution in [0.25, 0.3) is 6.08 Å². The molecule has 0 saturated carbocycles. The second-order valence-corrected chi connectivity index (χ2v) is 5.24. The summed E-state index contributed by atoms with van der Waals surface area (Å²) in [5.74, 6) is 1.41. The summed E-state index contributed by atoms with van der Waals surface area (Å²) in [5, 5.41) is 9.00. The van der Waals surface area contributed by atoms with Crippen molar-refractivity contribution < 1.29 is 13.9 Å². The maximum Gasteiger partial charge on any atom is 0.349 e. The molecule has 2 rings (SSSR count). The average molecular weight is 288 g/mol. The summed E-state index contributed by atoms with van der Waals surface area (Å²) < 4.78 is 10.5. The van der Waals surface area contributed by atoms with E-state index in [-0.39, 0.29) is 12.2 Å². The molecule has 0 aromatic carbocycles. The van der Waals surface area contributed by atoms with E-state index in [2.05, 4.69) is 11.8 Å². The van der Waals surface area contributed by atoms with Crippen molar-refractivity contribution in [2.75, 3.05) is 24.6 Å². The van der Waals surface area contributed by atoms with Gasteiger partial charge in [0.15, 0.2) is 5.88 Å². The summed E-state index contributed by atoms with van der Waals surface area (Å²) in [5.41, 5.74) is -0.0509. The van der Waals surface area contributed by atoms with Gasteiger partial charge < -0.3 is 14.1 Å². The molecule has 1 aliphatic rings. The standard InChI is InChI=1S/C16H20N2O3/c1-3-20-16(19)13(11-17)10-14-4-5-15(21-14)18-8-6-12(2)7-9-18/h4-5,10,12H,3,6-9H2,1-2H3/b13-10+. The maximum absolute atomic E-state index is 11.6. The summed E-state index contributed by atoms with van der Waals surface area (Å²) in [4.78, 5) is 13.7. The molecule has 1 aliphatic heterocycles. The zero-order valence-electron chi connectivity index (χ0n) is 12.5. The lowest BCUT2D eigenvalue weighted by molar-refractivity contribution is -0.137. The third kappa shape index (κ3) is 3.88. The summed E-state index contributed by atoms with van der Waals surface area (Å²) >= 11 is 0. The molecule has 21 heavy (non-hydrogen) atoms. The molecule has 112 valence electrons. The van der Waals surface area contributed by atoms with E-state index in [0.717, 1.165) is 37.7 Å². The van der Waals surface area contributed by atoms with Gasteiger partial charge in [-0.1, -0.05) is 6.92 Å². The Morgan fingerprint density at radius 3 is 2.86 bits per heavy atom. The number of nitrogens with zero attached hydrogens (tertiary/aromatic N) is 2. The Morgan fingerprint density at radius 1 is 1.52 bits per heavy atom. The first kappa shape index (κ1) is 15.2. The van der Waals surface area contributed by atoms with Crippen LogP contribution < -0.4 is 4.90 Å². The van der Waals surface area contributed by atoms with Gasteiger partial charge in [-0.15, -0.1) is 0 Å². The van der Waals surface area contributed by atoms with Crippen LogP contribution in [0, 0.1) is 17.2 Å². The first-order chi connectivity index (χ1) is 10.1. The third-order valence-corrected chi connectivity index (χ3v) is 3.61. The van der Waals surface area contributed by atoms with E-state index >= 15 is 0 Å². The van der Waals surface area contributed by atoms with Crippen LogP contribution in [0.3, 0.4) is 0 Å². The van der Waals surface area contributed by atoms with Crippen LogP contribution in [0.15, 0.2) is 22.1 Å². The van der Waals surface area contributed by atoms with Crippen molar-refractivity contribution in [3.8, 4) is 6.07 Å². The largest absolute Gasteiger partial charge is 0.462 e. The van der Waals surface area contributed by atoms with Gasteiger partial charge in [-0.25, -0.2) is 4.79 Å². The van der Waals surface area contributed by atoms with E-state index in [1.807, 2.05) is 12.1 Å². The molecule has 0 bridgehead atoms. The van der Waals surface area contributed by atoms with Crippen LogP contribution in [0.1, 0.15) is 32.4 Å². The van der Waals surface area contributed by atoms with Crippen molar-refractivity contribution in [1.82, 2.24) is 0 Å². The van der Waals surface area contributed by atoms with Crippen molar-refractivity contribution in [1.29, 1.82) is 5.26 Å². The molecular formula is C16H20N2O3. The van der Waals surface area contributed by atoms with Crippen molar-refractivity contribution in [3.63, 3.8) is 0 Å². The van der Waals surface area contributed by atoms with Crippen molar-refractivity contribution in [2.24, 2.45) is 5.92 Å². The topological polar surface area (TPSA) is 66.5 Å². The lowest BCUT2D eigenvalue weighted by Gasteiger charge is -2.29. The number of hydrogen-bond donors (Lipinski definition) is 0. The Balaban J connectivity index is 2.09. The zero-order valence-corrected chi connectivity index (χ0v) is 12.5. The van der Waals surface area contributed by atoms with Crippen LogP contribution >= 0.6 is 0 Å². The Hall–Kier alpha value is -2.22. The molecule has 0 radical (unpaired) electrons. The van der Waals surface area contributed by atoms with Crippen LogP contribution in [-0.4, -0.2) is 25.7 Å². The first-order valence-corrected chi connectivity index (χ1v) is 7.27. The number of rotatable bonds is 4. The maximum atomic E-state index is 11.6. The molecule has 0 spiro atoms. The molecule has 1 aromatic heterocycles. The number of carbonyl (C=O) groups is 1. The van der Waals surface area contributed by atoms with Gasteiger partial charge in [0.05, 0.1) is 6.61 Å². The fourth-order valence-electron chi connectivity index (χ4n) is 2.31. The Bertz CT molecular complexity index is 560. The van der Waals surface area contributed by atoms with Gasteiger partial charge in [0.2, 0.25) is 0 Å². The monoisotopic (exact) mass is 288 g/mol. The second kappa shape index (κ2) is 6.98. The highest BCUT2D eigenvalue weighted by Crippen LogP contribution is 2.25. The van der Waals surface area contributed by atoms with Crippen LogP contribution in [0.2, 0.25) is 0 Å². The van der Waals surface area contributed by atoms with Crippen molar-refractivity contribution in [3.05, 3.63) is 23.5 Å². The molecule has 0 amide bonds. The molecule has 5 nitrogen and oxygen atoms in total. The normalized spacial score (nSPS) is 16.6. The minimum Gasteiger partial charge on any atom is -0.462 e. The number of piperidine rings is 1. The van der Waals surface area contributed by atoms with Gasteiger partial charge in [-0.05, 0) is 31.7 Å². The van der Waals surface area contributed by atoms with E-state index in [9.17, 15) is 4.79 Å². The molecule has 5 heteroatoms. The minimum atomic E-state index is -0.621. The third-order valence-electron chi connectivity index (χ3n) is 3.61. The molecular weight excluding hydrogens is 268 g/mol. The highest BCUT2D eigenvalue weighted by Gasteiger charge is 2.18. The molecule has 0 atom stereocenters. The Morgan fingerprint density at radius 2 is 2.24 bits per heavy atom. The predicted octanol–water partition coefficient (Wildman–Crippen LogP) is 2.99. The van der Waals surface area contributed by atoms with Crippen LogP contribution in [-0.2, 0) is 9.53 Å². The van der Waals surface area contributed by atoms with Crippen LogP contribution in [0.4, 0.5) is 5.88 Å². The molecule has 0 aliphatic carbocycles. The SMILES string of the molecule is CCOC(=O)/C(C#N)=C/c1ccc(N2CCC(C)CC2)o1. The average Bonchev–Trinajstić information content (AvgIpc) is 2.94. The molecule has 1 fully saturated rings. The van der Waals surface area contributed by atoms with Gasteiger partial charge in [-0.2, -0.15) is 5.26 Å². The number of nitriles is 1. The van der Waals surface area contributed by atoms with E-state index in [0.29, 0.717) is 5.76 Å². The van der Waals surface area contributed by atoms with Gasteiger partial charge in [-0.3, -0.25) is 0 Å². The first-order valence-electron chi connectivity index (χ1n) is 7.27. The zero-order chi connectivity index (χ0) is 15.2. The number of esters is 1. The fraction of sp³-hybridized carbons (Fsp3) is 0.500. The van der Waals surface area contributed by atoms with Gasteiger partial charge in [0.1, 0.15) is 17.4 Å². The van der Waals surface area contributed by atoms with E-state index < -0.39 is 5.97 Å². The quantitative estimate of drug-likeness (QED) is 0.484. The molecule has 0 N–H and O–H groups in total. The van der Waals surface area contributed by atoms with E-state index in [4.69, 9.17) is 14.4 Å². The van der Waals surface area contributed by atoms with Crippen molar-refractivity contribution in [2.45, 2.75) is 26.7 Å². The molecule has 1 aromatic rings. The van der Waals surface area contributed by atoms with E-state index in [1.54, 1.807) is 13.0 Å². The Kier molecular flexibility index (Phi) is 5.04. The van der Waals surface area contributed by atoms with Crippen LogP contribution in [0.5, 0.6) is 0 Å². The molecule has 1 saturated heterocycles. The Labute approximate surface area is 124 Å². The summed E-state index contributed by atoms with van der Waals surface area (Å²) in [6.07, 6.45) is 3.73. The lowest BCUT2D eigenvalue weighted by atomic mass is 9.99. The number of carbonyl (C=O) groups excluding carboxylic acids is 1. The van der Waals surface area contributed by atoms with Gasteiger partial charge >= 0.3 is 5.97 Å². The second-order valence-electron chi connectivity index (χ2n) is 5.24. The highest BCUT2D eigenvalue weighted by molar-refractivity contribution is 5.97. The smallest absolute Gasteiger partial charge is 0.349 e. The highest BCUT2D eigenvalue weighted by atomic mass is 16.5. The van der Waals surface area contributed by atoms with Crippen molar-refractivity contribution >= 4 is 17.9 Å². The fourth-order valence-corrected chi connectivity index (χ4v) is 2.31. The summed E-state index contributed by atoms with van der Waals surface area (Å²) in [6, 6.07) is 5.49. The van der Waals surface area contributed by atoms with Gasteiger partial charge in [0.25, 0.3) is 0 Å².